The zero-order chi connectivity index (χ0) is 13.9. The highest BCUT2D eigenvalue weighted by Crippen LogP contribution is 2.35. The van der Waals surface area contributed by atoms with Crippen molar-refractivity contribution in [1.82, 2.24) is 15.1 Å². The van der Waals surface area contributed by atoms with Crippen LogP contribution in [0.25, 0.3) is 0 Å². The lowest BCUT2D eigenvalue weighted by atomic mass is 9.76. The van der Waals surface area contributed by atoms with Crippen LogP contribution in [0.4, 0.5) is 10.5 Å². The number of amides is 2. The Morgan fingerprint density at radius 1 is 1.25 bits per heavy atom. The van der Waals surface area contributed by atoms with Crippen LogP contribution in [0, 0.1) is 18.8 Å². The summed E-state index contributed by atoms with van der Waals surface area (Å²) in [6.45, 7) is 3.67. The van der Waals surface area contributed by atoms with Gasteiger partial charge in [0.1, 0.15) is 0 Å². The molecule has 1 N–H and O–H groups in total. The van der Waals surface area contributed by atoms with Gasteiger partial charge in [-0.1, -0.05) is 32.1 Å². The maximum absolute atomic E-state index is 12.1. The lowest BCUT2D eigenvalue weighted by Crippen LogP contribution is -2.54. The van der Waals surface area contributed by atoms with Gasteiger partial charge in [0.2, 0.25) is 0 Å². The van der Waals surface area contributed by atoms with Gasteiger partial charge in [0, 0.05) is 13.1 Å². The van der Waals surface area contributed by atoms with Crippen molar-refractivity contribution in [2.24, 2.45) is 11.8 Å². The van der Waals surface area contributed by atoms with Gasteiger partial charge in [-0.3, -0.25) is 0 Å². The Bertz CT molecular complexity index is 479. The fourth-order valence-electron chi connectivity index (χ4n) is 3.31. The van der Waals surface area contributed by atoms with Crippen LogP contribution in [0.3, 0.4) is 0 Å². The van der Waals surface area contributed by atoms with E-state index in [1.165, 1.54) is 32.1 Å². The van der Waals surface area contributed by atoms with Crippen LogP contribution in [0.15, 0.2) is 12.3 Å². The van der Waals surface area contributed by atoms with E-state index in [1.54, 1.807) is 12.3 Å². The molecule has 3 rings (SSSR count). The molecule has 2 heterocycles. The molecule has 1 aliphatic carbocycles. The summed E-state index contributed by atoms with van der Waals surface area (Å²) >= 11 is 0. The van der Waals surface area contributed by atoms with E-state index in [2.05, 4.69) is 15.5 Å². The van der Waals surface area contributed by atoms with E-state index in [1.807, 2.05) is 11.8 Å². The highest BCUT2D eigenvalue weighted by atomic mass is 16.2. The first-order valence-electron chi connectivity index (χ1n) is 7.58. The molecule has 5 heteroatoms. The topological polar surface area (TPSA) is 58.1 Å². The first-order valence-corrected chi connectivity index (χ1v) is 7.58. The second-order valence-corrected chi connectivity index (χ2v) is 6.02. The predicted molar refractivity (Wildman–Crippen MR) is 77.4 cm³/mol. The van der Waals surface area contributed by atoms with Crippen LogP contribution >= 0.6 is 0 Å². The molecule has 20 heavy (non-hydrogen) atoms. The van der Waals surface area contributed by atoms with Crippen molar-refractivity contribution in [1.29, 1.82) is 0 Å². The van der Waals surface area contributed by atoms with Crippen LogP contribution in [0.2, 0.25) is 0 Å². The van der Waals surface area contributed by atoms with Gasteiger partial charge in [-0.25, -0.2) is 4.79 Å². The van der Waals surface area contributed by atoms with Gasteiger partial charge in [0.05, 0.1) is 17.6 Å². The molecule has 0 atom stereocenters. The smallest absolute Gasteiger partial charge is 0.321 e. The Hall–Kier alpha value is -1.65. The zero-order valence-corrected chi connectivity index (χ0v) is 12.0. The molecule has 108 valence electrons. The van der Waals surface area contributed by atoms with Crippen LogP contribution in [-0.2, 0) is 0 Å². The molecular formula is C15H22N4O. The van der Waals surface area contributed by atoms with Crippen LogP contribution < -0.4 is 5.32 Å². The largest absolute Gasteiger partial charge is 0.324 e. The molecule has 1 aliphatic heterocycles. The number of aromatic nitrogens is 2. The number of anilines is 1. The standard InChI is InChI=1S/C15H22N4O/c1-11-14(7-8-16-18-11)17-15(20)19-9-13(10-19)12-5-3-2-4-6-12/h7-8,12-13H,2-6,9-10H2,1H3,(H,16,17,20). The lowest BCUT2D eigenvalue weighted by Gasteiger charge is -2.44. The van der Waals surface area contributed by atoms with Crippen molar-refractivity contribution in [2.45, 2.75) is 39.0 Å². The normalized spacial score (nSPS) is 20.6. The number of carbonyl (C=O) groups is 1. The highest BCUT2D eigenvalue weighted by Gasteiger charge is 2.36. The highest BCUT2D eigenvalue weighted by molar-refractivity contribution is 5.90. The molecule has 5 nitrogen and oxygen atoms in total. The summed E-state index contributed by atoms with van der Waals surface area (Å²) in [4.78, 5) is 14.0. The summed E-state index contributed by atoms with van der Waals surface area (Å²) in [6, 6.07) is 1.78. The van der Waals surface area contributed by atoms with E-state index in [-0.39, 0.29) is 6.03 Å². The first-order chi connectivity index (χ1) is 9.74. The molecule has 0 unspecified atom stereocenters. The van der Waals surface area contributed by atoms with Crippen molar-refractivity contribution in [3.05, 3.63) is 18.0 Å². The van der Waals surface area contributed by atoms with Gasteiger partial charge < -0.3 is 10.2 Å². The molecule has 1 saturated carbocycles. The Morgan fingerprint density at radius 2 is 2.00 bits per heavy atom. The Morgan fingerprint density at radius 3 is 2.70 bits per heavy atom. The van der Waals surface area contributed by atoms with E-state index >= 15 is 0 Å². The molecule has 1 aromatic rings. The van der Waals surface area contributed by atoms with Gasteiger partial charge in [0.25, 0.3) is 0 Å². The third-order valence-corrected chi connectivity index (χ3v) is 4.66. The number of carbonyl (C=O) groups excluding carboxylic acids is 1. The molecule has 2 fully saturated rings. The SMILES string of the molecule is Cc1nnccc1NC(=O)N1CC(C2CCCCC2)C1. The zero-order valence-electron chi connectivity index (χ0n) is 12.0. The van der Waals surface area contributed by atoms with E-state index in [0.717, 1.165) is 36.3 Å². The minimum Gasteiger partial charge on any atom is -0.324 e. The fourth-order valence-corrected chi connectivity index (χ4v) is 3.31. The van der Waals surface area contributed by atoms with Gasteiger partial charge in [-0.05, 0) is 24.8 Å². The average Bonchev–Trinajstić information content (AvgIpc) is 2.41. The Balaban J connectivity index is 1.49. The quantitative estimate of drug-likeness (QED) is 0.902. The fraction of sp³-hybridized carbons (Fsp3) is 0.667. The van der Waals surface area contributed by atoms with E-state index < -0.39 is 0 Å². The molecule has 0 radical (unpaired) electrons. The molecule has 1 aromatic heterocycles. The third kappa shape index (κ3) is 2.76. The van der Waals surface area contributed by atoms with Crippen molar-refractivity contribution >= 4 is 11.7 Å². The average molecular weight is 274 g/mol. The van der Waals surface area contributed by atoms with Gasteiger partial charge in [-0.2, -0.15) is 10.2 Å². The van der Waals surface area contributed by atoms with E-state index in [0.29, 0.717) is 0 Å². The number of rotatable bonds is 2. The molecule has 0 bridgehead atoms. The van der Waals surface area contributed by atoms with Crippen LogP contribution in [-0.4, -0.2) is 34.2 Å². The molecule has 2 aliphatic rings. The predicted octanol–water partition coefficient (Wildman–Crippen LogP) is 2.83. The van der Waals surface area contributed by atoms with E-state index in [4.69, 9.17) is 0 Å². The summed E-state index contributed by atoms with van der Waals surface area (Å²) in [5.41, 5.74) is 1.51. The maximum atomic E-state index is 12.1. The van der Waals surface area contributed by atoms with E-state index in [9.17, 15) is 4.79 Å². The maximum Gasteiger partial charge on any atom is 0.321 e. The number of hydrogen-bond donors (Lipinski definition) is 1. The van der Waals surface area contributed by atoms with Crippen LogP contribution in [0.1, 0.15) is 37.8 Å². The summed E-state index contributed by atoms with van der Waals surface area (Å²) in [5, 5.41) is 10.7. The number of likely N-dealkylation sites (tertiary alicyclic amines) is 1. The Labute approximate surface area is 119 Å². The molecular weight excluding hydrogens is 252 g/mol. The summed E-state index contributed by atoms with van der Waals surface area (Å²) in [5.74, 6) is 1.56. The lowest BCUT2D eigenvalue weighted by molar-refractivity contribution is 0.0745. The molecule has 0 spiro atoms. The second kappa shape index (κ2) is 5.77. The molecule has 2 amide bonds. The van der Waals surface area contributed by atoms with Crippen LogP contribution in [0.5, 0.6) is 0 Å². The summed E-state index contributed by atoms with van der Waals surface area (Å²) < 4.78 is 0. The monoisotopic (exact) mass is 274 g/mol. The van der Waals surface area contributed by atoms with Gasteiger partial charge in [0.15, 0.2) is 0 Å². The molecule has 0 aromatic carbocycles. The third-order valence-electron chi connectivity index (χ3n) is 4.66. The minimum absolute atomic E-state index is 0.00633. The first kappa shape index (κ1) is 13.3. The minimum atomic E-state index is -0.00633. The number of urea groups is 1. The molecule has 1 saturated heterocycles. The Kier molecular flexibility index (Phi) is 3.85. The second-order valence-electron chi connectivity index (χ2n) is 6.02. The van der Waals surface area contributed by atoms with Crippen molar-refractivity contribution in [3.63, 3.8) is 0 Å². The number of hydrogen-bond acceptors (Lipinski definition) is 3. The summed E-state index contributed by atoms with van der Waals surface area (Å²) in [7, 11) is 0. The summed E-state index contributed by atoms with van der Waals surface area (Å²) in [6.07, 6.45) is 8.44. The van der Waals surface area contributed by atoms with Crippen molar-refractivity contribution in [2.75, 3.05) is 18.4 Å². The number of nitrogens with zero attached hydrogens (tertiary/aromatic N) is 3. The number of nitrogens with one attached hydrogen (secondary N) is 1. The number of aryl methyl sites for hydroxylation is 1. The van der Waals surface area contributed by atoms with Crippen molar-refractivity contribution < 1.29 is 4.79 Å². The van der Waals surface area contributed by atoms with Crippen molar-refractivity contribution in [3.8, 4) is 0 Å². The van der Waals surface area contributed by atoms with Gasteiger partial charge >= 0.3 is 6.03 Å². The van der Waals surface area contributed by atoms with Gasteiger partial charge in [-0.15, -0.1) is 0 Å².